The second-order valence-corrected chi connectivity index (χ2v) is 22.9. The summed E-state index contributed by atoms with van der Waals surface area (Å²) in [4.78, 5) is 37.6. The Kier molecular flexibility index (Phi) is 51.0. The largest absolute Gasteiger partial charge is 0.472 e. The Hall–Kier alpha value is -2.55. The molecular weight excluding hydrogens is 928 g/mol. The van der Waals surface area contributed by atoms with Crippen LogP contribution < -0.4 is 5.32 Å². The zero-order valence-electron chi connectivity index (χ0n) is 48.4. The summed E-state index contributed by atoms with van der Waals surface area (Å²) in [6.07, 6.45) is 67.6. The molecule has 10 heteroatoms. The third kappa shape index (κ3) is 54.1. The number of hydrogen-bond acceptors (Lipinski definition) is 6. The summed E-state index contributed by atoms with van der Waals surface area (Å²) in [5.74, 6) is -0.542. The summed E-state index contributed by atoms with van der Waals surface area (Å²) in [5, 5.41) is 3.03. The van der Waals surface area contributed by atoms with Crippen LogP contribution in [0.1, 0.15) is 265 Å². The molecule has 0 aromatic carbocycles. The van der Waals surface area contributed by atoms with Crippen molar-refractivity contribution in [1.82, 2.24) is 5.32 Å². The van der Waals surface area contributed by atoms with Gasteiger partial charge in [0.1, 0.15) is 19.3 Å². The lowest BCUT2D eigenvalue weighted by atomic mass is 10.0. The maximum atomic E-state index is 13.5. The van der Waals surface area contributed by atoms with Crippen LogP contribution in [0.4, 0.5) is 0 Å². The fraction of sp³-hybridized carbons (Fsp3) is 0.778. The van der Waals surface area contributed by atoms with Crippen LogP contribution in [0.5, 0.6) is 0 Å². The van der Waals surface area contributed by atoms with Crippen molar-refractivity contribution in [3.05, 3.63) is 72.9 Å². The van der Waals surface area contributed by atoms with Gasteiger partial charge in [0.25, 0.3) is 0 Å². The molecule has 0 radical (unpaired) electrons. The minimum Gasteiger partial charge on any atom is -0.456 e. The van der Waals surface area contributed by atoms with Gasteiger partial charge in [-0.2, -0.15) is 0 Å². The van der Waals surface area contributed by atoms with E-state index in [0.29, 0.717) is 23.9 Å². The summed E-state index contributed by atoms with van der Waals surface area (Å²) in [5.41, 5.74) is 0. The first-order valence-electron chi connectivity index (χ1n) is 30.3. The van der Waals surface area contributed by atoms with E-state index >= 15 is 0 Å². The maximum absolute atomic E-state index is 13.5. The molecule has 1 amide bonds. The third-order valence-electron chi connectivity index (χ3n) is 13.1. The summed E-state index contributed by atoms with van der Waals surface area (Å²) in [6.45, 7) is 6.87. The van der Waals surface area contributed by atoms with Crippen molar-refractivity contribution < 1.29 is 37.3 Å². The number of nitrogens with one attached hydrogen (secondary N) is 1. The molecule has 0 aliphatic carbocycles. The average Bonchev–Trinajstić information content (AvgIpc) is 3.35. The highest BCUT2D eigenvalue weighted by atomic mass is 31.2. The van der Waals surface area contributed by atoms with Gasteiger partial charge in [-0.15, -0.1) is 0 Å². The van der Waals surface area contributed by atoms with Gasteiger partial charge < -0.3 is 19.4 Å². The van der Waals surface area contributed by atoms with Crippen LogP contribution in [0.2, 0.25) is 0 Å². The number of carbonyl (C=O) groups is 2. The summed E-state index contributed by atoms with van der Waals surface area (Å²) in [6, 6.07) is -0.867. The first-order valence-corrected chi connectivity index (χ1v) is 31.8. The van der Waals surface area contributed by atoms with E-state index < -0.39 is 20.0 Å². The Morgan fingerprint density at radius 2 is 0.877 bits per heavy atom. The predicted octanol–water partition coefficient (Wildman–Crippen LogP) is 18.4. The molecular formula is C63H116N2O7P+. The van der Waals surface area contributed by atoms with E-state index in [1.165, 1.54) is 141 Å². The monoisotopic (exact) mass is 1040 g/mol. The van der Waals surface area contributed by atoms with Gasteiger partial charge in [0, 0.05) is 12.8 Å². The van der Waals surface area contributed by atoms with E-state index in [9.17, 15) is 19.0 Å². The van der Waals surface area contributed by atoms with Crippen LogP contribution in [0.25, 0.3) is 0 Å². The fourth-order valence-corrected chi connectivity index (χ4v) is 9.19. The average molecular weight is 1040 g/mol. The fourth-order valence-electron chi connectivity index (χ4n) is 8.45. The number of quaternary nitrogens is 1. The number of carbonyl (C=O) groups excluding carboxylic acids is 2. The third-order valence-corrected chi connectivity index (χ3v) is 14.1. The van der Waals surface area contributed by atoms with Gasteiger partial charge in [0.05, 0.1) is 33.8 Å². The molecule has 2 N–H and O–H groups in total. The van der Waals surface area contributed by atoms with Gasteiger partial charge in [-0.3, -0.25) is 18.6 Å². The van der Waals surface area contributed by atoms with Crippen molar-refractivity contribution >= 4 is 19.7 Å². The molecule has 73 heavy (non-hydrogen) atoms. The molecule has 424 valence electrons. The molecule has 0 aliphatic heterocycles. The quantitative estimate of drug-likeness (QED) is 0.0205. The molecule has 0 heterocycles. The molecule has 3 atom stereocenters. The lowest BCUT2D eigenvalue weighted by molar-refractivity contribution is -0.870. The maximum Gasteiger partial charge on any atom is 0.472 e. The van der Waals surface area contributed by atoms with Gasteiger partial charge in [0.15, 0.2) is 0 Å². The topological polar surface area (TPSA) is 111 Å². The number of hydrogen-bond donors (Lipinski definition) is 2. The van der Waals surface area contributed by atoms with Crippen LogP contribution in [0.3, 0.4) is 0 Å². The number of allylic oxidation sites excluding steroid dienone is 11. The van der Waals surface area contributed by atoms with Crippen LogP contribution in [0, 0.1) is 0 Å². The van der Waals surface area contributed by atoms with Crippen molar-refractivity contribution in [3.63, 3.8) is 0 Å². The minimum absolute atomic E-state index is 0.0314. The summed E-state index contributed by atoms with van der Waals surface area (Å²) in [7, 11) is 1.47. The zero-order chi connectivity index (χ0) is 53.6. The second-order valence-electron chi connectivity index (χ2n) is 21.5. The molecule has 0 aromatic rings. The predicted molar refractivity (Wildman–Crippen MR) is 314 cm³/mol. The number of phosphoric acid groups is 1. The van der Waals surface area contributed by atoms with E-state index in [0.717, 1.165) is 83.5 Å². The van der Waals surface area contributed by atoms with Gasteiger partial charge in [-0.05, 0) is 96.0 Å². The SMILES string of the molecule is CC/C=C/C/C=C/C/C=C/C/C=C/CCCCCC(=O)NC(COP(=O)(O)OCC[N+](C)(C)C)C(/C=C/CCCCCCCCCCCC)OC(=O)CCCCCCCCCCC/C=C/CCCCCCCC. The number of likely N-dealkylation sites (N-methyl/N-ethyl adjacent to an activating group) is 1. The number of esters is 1. The van der Waals surface area contributed by atoms with E-state index in [1.807, 2.05) is 33.3 Å². The van der Waals surface area contributed by atoms with Crippen molar-refractivity contribution in [1.29, 1.82) is 0 Å². The summed E-state index contributed by atoms with van der Waals surface area (Å²) < 4.78 is 30.6. The van der Waals surface area contributed by atoms with Gasteiger partial charge in [-0.1, -0.05) is 229 Å². The Balaban J connectivity index is 5.32. The Morgan fingerprint density at radius 1 is 0.493 bits per heavy atom. The van der Waals surface area contributed by atoms with Gasteiger partial charge >= 0.3 is 13.8 Å². The zero-order valence-corrected chi connectivity index (χ0v) is 49.3. The highest BCUT2D eigenvalue weighted by Crippen LogP contribution is 2.43. The van der Waals surface area contributed by atoms with E-state index in [4.69, 9.17) is 13.8 Å². The molecule has 0 spiro atoms. The van der Waals surface area contributed by atoms with Gasteiger partial charge in [-0.25, -0.2) is 4.57 Å². The van der Waals surface area contributed by atoms with Crippen molar-refractivity contribution in [2.24, 2.45) is 0 Å². The molecule has 0 fully saturated rings. The van der Waals surface area contributed by atoms with E-state index in [2.05, 4.69) is 86.8 Å². The number of nitrogens with zero attached hydrogens (tertiary/aromatic N) is 1. The number of unbranched alkanes of at least 4 members (excludes halogenated alkanes) is 28. The molecule has 0 rings (SSSR count). The van der Waals surface area contributed by atoms with Crippen molar-refractivity contribution in [2.45, 2.75) is 277 Å². The molecule has 0 saturated carbocycles. The lowest BCUT2D eigenvalue weighted by Crippen LogP contribution is -2.47. The highest BCUT2D eigenvalue weighted by Gasteiger charge is 2.30. The molecule has 0 aromatic heterocycles. The standard InChI is InChI=1S/C63H115N2O7P/c1-7-10-13-16-19-22-25-28-30-32-33-34-36-38-41-44-47-50-53-56-63(67)72-61(54-51-48-45-42-39-27-24-21-18-15-12-9-3)60(59-71-73(68,69)70-58-57-65(4,5)6)64-62(66)55-52-49-46-43-40-37-35-31-29-26-23-20-17-14-11-8-2/h11,14,20,23,28-31,37,40,51,54,60-61H,7-10,12-13,15-19,21-22,24-27,32-36,38-39,41-50,52-53,55-59H2,1-6H3,(H-,64,66,68,69)/p+1/b14-11+,23-20+,30-28+,31-29+,40-37+,54-51+. The minimum atomic E-state index is -4.46. The van der Waals surface area contributed by atoms with E-state index in [1.54, 1.807) is 0 Å². The van der Waals surface area contributed by atoms with Gasteiger partial charge in [0.2, 0.25) is 5.91 Å². The first-order chi connectivity index (χ1) is 35.4. The van der Waals surface area contributed by atoms with Crippen molar-refractivity contribution in [3.8, 4) is 0 Å². The molecule has 9 nitrogen and oxygen atoms in total. The number of amides is 1. The van der Waals surface area contributed by atoms with Crippen molar-refractivity contribution in [2.75, 3.05) is 40.9 Å². The van der Waals surface area contributed by atoms with Crippen LogP contribution in [-0.4, -0.2) is 74.3 Å². The highest BCUT2D eigenvalue weighted by molar-refractivity contribution is 7.47. The Bertz CT molecular complexity index is 1480. The number of ether oxygens (including phenoxy) is 1. The first kappa shape index (κ1) is 70.5. The van der Waals surface area contributed by atoms with Crippen LogP contribution >= 0.6 is 7.82 Å². The molecule has 0 saturated heterocycles. The Labute approximate surface area is 451 Å². The molecule has 3 unspecified atom stereocenters. The smallest absolute Gasteiger partial charge is 0.456 e. The van der Waals surface area contributed by atoms with E-state index in [-0.39, 0.29) is 31.5 Å². The summed E-state index contributed by atoms with van der Waals surface area (Å²) >= 11 is 0. The molecule has 0 aliphatic rings. The normalized spacial score (nSPS) is 14.2. The van der Waals surface area contributed by atoms with Crippen LogP contribution in [0.15, 0.2) is 72.9 Å². The van der Waals surface area contributed by atoms with Crippen LogP contribution in [-0.2, 0) is 27.9 Å². The lowest BCUT2D eigenvalue weighted by Gasteiger charge is -2.27. The number of rotatable bonds is 54. The second kappa shape index (κ2) is 52.9. The number of phosphoric ester groups is 1. The Morgan fingerprint density at radius 3 is 1.34 bits per heavy atom. The molecule has 0 bridgehead atoms.